The Morgan fingerprint density at radius 1 is 1.25 bits per heavy atom. The van der Waals surface area contributed by atoms with Crippen molar-refractivity contribution in [2.45, 2.75) is 39.2 Å². The van der Waals surface area contributed by atoms with Crippen molar-refractivity contribution in [3.8, 4) is 5.75 Å². The highest BCUT2D eigenvalue weighted by atomic mass is 19.1. The fourth-order valence-corrected chi connectivity index (χ4v) is 3.77. The molecule has 156 valence electrons. The lowest BCUT2D eigenvalue weighted by Gasteiger charge is -2.30. The van der Waals surface area contributed by atoms with E-state index >= 15 is 0 Å². The molecule has 2 N–H and O–H groups in total. The van der Waals surface area contributed by atoms with Gasteiger partial charge in [0, 0.05) is 25.7 Å². The average molecular weight is 393 g/mol. The molecule has 2 aliphatic rings. The van der Waals surface area contributed by atoms with Gasteiger partial charge >= 0.3 is 0 Å². The fourth-order valence-electron chi connectivity index (χ4n) is 3.77. The number of fused-ring (bicyclic) bond motifs is 1. The molecule has 7 heteroatoms. The van der Waals surface area contributed by atoms with E-state index in [2.05, 4.69) is 27.4 Å². The Kier molecular flexibility index (Phi) is 7.91. The van der Waals surface area contributed by atoms with Crippen LogP contribution in [0.1, 0.15) is 37.3 Å². The standard InChI is InChI=1S/C21H33FN4O2/c1-16-5-10-26(11-6-16)9-3-7-24-21(23-2)25-8-4-17-12-19(22)13-18-14-27-15-28-20(17)18/h12-13,16H,3-11,14-15H2,1-2H3,(H2,23,24,25). The molecule has 2 heterocycles. The minimum atomic E-state index is -0.252. The Morgan fingerprint density at radius 3 is 2.82 bits per heavy atom. The van der Waals surface area contributed by atoms with Gasteiger partial charge in [-0.2, -0.15) is 0 Å². The van der Waals surface area contributed by atoms with E-state index in [1.54, 1.807) is 13.1 Å². The Morgan fingerprint density at radius 2 is 2.04 bits per heavy atom. The van der Waals surface area contributed by atoms with Crippen molar-refractivity contribution in [3.63, 3.8) is 0 Å². The van der Waals surface area contributed by atoms with Crippen LogP contribution in [0.3, 0.4) is 0 Å². The molecule has 0 bridgehead atoms. The van der Waals surface area contributed by atoms with Crippen molar-refractivity contribution >= 4 is 5.96 Å². The Hall–Kier alpha value is -1.86. The summed E-state index contributed by atoms with van der Waals surface area (Å²) in [5, 5.41) is 6.67. The molecule has 1 fully saturated rings. The molecule has 0 aliphatic carbocycles. The summed E-state index contributed by atoms with van der Waals surface area (Å²) in [6.45, 7) is 8.08. The average Bonchev–Trinajstić information content (AvgIpc) is 2.71. The van der Waals surface area contributed by atoms with Crippen LogP contribution in [0.4, 0.5) is 4.39 Å². The van der Waals surface area contributed by atoms with E-state index in [0.29, 0.717) is 19.6 Å². The van der Waals surface area contributed by atoms with Gasteiger partial charge in [-0.05, 0) is 68.9 Å². The number of aliphatic imine (C=N–C) groups is 1. The predicted octanol–water partition coefficient (Wildman–Crippen LogP) is 2.52. The summed E-state index contributed by atoms with van der Waals surface area (Å²) < 4.78 is 24.6. The molecule has 0 spiro atoms. The zero-order valence-electron chi connectivity index (χ0n) is 17.1. The first-order valence-electron chi connectivity index (χ1n) is 10.3. The van der Waals surface area contributed by atoms with Crippen molar-refractivity contribution in [1.29, 1.82) is 0 Å². The monoisotopic (exact) mass is 392 g/mol. The van der Waals surface area contributed by atoms with Crippen molar-refractivity contribution < 1.29 is 13.9 Å². The molecule has 1 saturated heterocycles. The summed E-state index contributed by atoms with van der Waals surface area (Å²) in [5.41, 5.74) is 1.64. The number of hydrogen-bond acceptors (Lipinski definition) is 4. The van der Waals surface area contributed by atoms with Crippen LogP contribution in [0.5, 0.6) is 5.75 Å². The van der Waals surface area contributed by atoms with Gasteiger partial charge in [0.15, 0.2) is 12.8 Å². The highest BCUT2D eigenvalue weighted by Crippen LogP contribution is 2.29. The van der Waals surface area contributed by atoms with E-state index in [4.69, 9.17) is 9.47 Å². The van der Waals surface area contributed by atoms with Crippen LogP contribution < -0.4 is 15.4 Å². The van der Waals surface area contributed by atoms with E-state index in [0.717, 1.165) is 48.3 Å². The van der Waals surface area contributed by atoms with Crippen molar-refractivity contribution in [2.24, 2.45) is 10.9 Å². The number of nitrogens with one attached hydrogen (secondary N) is 2. The molecule has 1 aromatic carbocycles. The third-order valence-electron chi connectivity index (χ3n) is 5.48. The Labute approximate surface area is 167 Å². The second-order valence-electron chi connectivity index (χ2n) is 7.72. The molecule has 0 unspecified atom stereocenters. The Balaban J connectivity index is 1.37. The number of benzene rings is 1. The molecule has 0 radical (unpaired) electrons. The third-order valence-corrected chi connectivity index (χ3v) is 5.48. The SMILES string of the molecule is CN=C(NCCCN1CCC(C)CC1)NCCc1cc(F)cc2c1OCOC2. The van der Waals surface area contributed by atoms with Gasteiger partial charge in [-0.15, -0.1) is 0 Å². The number of rotatable bonds is 7. The van der Waals surface area contributed by atoms with Crippen LogP contribution >= 0.6 is 0 Å². The van der Waals surface area contributed by atoms with Gasteiger partial charge in [-0.25, -0.2) is 4.39 Å². The van der Waals surface area contributed by atoms with Crippen LogP contribution in [0.15, 0.2) is 17.1 Å². The largest absolute Gasteiger partial charge is 0.467 e. The first-order chi connectivity index (χ1) is 13.7. The molecule has 0 atom stereocenters. The maximum Gasteiger partial charge on any atom is 0.190 e. The number of hydrogen-bond donors (Lipinski definition) is 2. The number of piperidine rings is 1. The van der Waals surface area contributed by atoms with Gasteiger partial charge in [0.2, 0.25) is 0 Å². The second-order valence-corrected chi connectivity index (χ2v) is 7.72. The molecule has 0 saturated carbocycles. The van der Waals surface area contributed by atoms with Gasteiger partial charge < -0.3 is 25.0 Å². The van der Waals surface area contributed by atoms with Gasteiger partial charge in [0.05, 0.1) is 6.61 Å². The lowest BCUT2D eigenvalue weighted by molar-refractivity contribution is -0.0172. The number of nitrogens with zero attached hydrogens (tertiary/aromatic N) is 2. The zero-order chi connectivity index (χ0) is 19.8. The van der Waals surface area contributed by atoms with Crippen LogP contribution in [0.2, 0.25) is 0 Å². The number of likely N-dealkylation sites (tertiary alicyclic amines) is 1. The summed E-state index contributed by atoms with van der Waals surface area (Å²) in [7, 11) is 1.77. The second kappa shape index (κ2) is 10.6. The molecule has 3 rings (SSSR count). The number of ether oxygens (including phenoxy) is 2. The smallest absolute Gasteiger partial charge is 0.190 e. The zero-order valence-corrected chi connectivity index (χ0v) is 17.1. The summed E-state index contributed by atoms with van der Waals surface area (Å²) in [6.07, 6.45) is 4.39. The van der Waals surface area contributed by atoms with Crippen LogP contribution in [0.25, 0.3) is 0 Å². The number of guanidine groups is 1. The molecular formula is C21H33FN4O2. The first-order valence-corrected chi connectivity index (χ1v) is 10.3. The summed E-state index contributed by atoms with van der Waals surface area (Å²) in [5.74, 6) is 2.16. The first kappa shape index (κ1) is 20.9. The number of halogens is 1. The van der Waals surface area contributed by atoms with E-state index in [9.17, 15) is 4.39 Å². The topological polar surface area (TPSA) is 58.1 Å². The normalized spacial score (nSPS) is 18.5. The summed E-state index contributed by atoms with van der Waals surface area (Å²) in [6, 6.07) is 3.02. The minimum absolute atomic E-state index is 0.220. The van der Waals surface area contributed by atoms with Crippen LogP contribution in [0, 0.1) is 11.7 Å². The van der Waals surface area contributed by atoms with E-state index in [1.165, 1.54) is 32.0 Å². The van der Waals surface area contributed by atoms with E-state index in [1.807, 2.05) is 0 Å². The van der Waals surface area contributed by atoms with E-state index in [-0.39, 0.29) is 12.6 Å². The lowest BCUT2D eigenvalue weighted by Crippen LogP contribution is -2.40. The van der Waals surface area contributed by atoms with Crippen molar-refractivity contribution in [2.75, 3.05) is 46.6 Å². The van der Waals surface area contributed by atoms with Crippen LogP contribution in [-0.4, -0.2) is 57.4 Å². The molecule has 0 aromatic heterocycles. The predicted molar refractivity (Wildman–Crippen MR) is 109 cm³/mol. The molecule has 6 nitrogen and oxygen atoms in total. The van der Waals surface area contributed by atoms with E-state index < -0.39 is 0 Å². The molecule has 28 heavy (non-hydrogen) atoms. The van der Waals surface area contributed by atoms with Gasteiger partial charge in [-0.3, -0.25) is 4.99 Å². The summed E-state index contributed by atoms with van der Waals surface area (Å²) in [4.78, 5) is 6.82. The minimum Gasteiger partial charge on any atom is -0.467 e. The summed E-state index contributed by atoms with van der Waals surface area (Å²) >= 11 is 0. The van der Waals surface area contributed by atoms with Gasteiger partial charge in [-0.1, -0.05) is 6.92 Å². The Bertz CT molecular complexity index is 660. The molecule has 0 amide bonds. The third kappa shape index (κ3) is 6.07. The molecule has 1 aromatic rings. The molecular weight excluding hydrogens is 359 g/mol. The van der Waals surface area contributed by atoms with Crippen molar-refractivity contribution in [1.82, 2.24) is 15.5 Å². The highest BCUT2D eigenvalue weighted by Gasteiger charge is 2.17. The molecule has 2 aliphatic heterocycles. The highest BCUT2D eigenvalue weighted by molar-refractivity contribution is 5.79. The maximum atomic E-state index is 13.8. The van der Waals surface area contributed by atoms with Gasteiger partial charge in [0.1, 0.15) is 11.6 Å². The fraction of sp³-hybridized carbons (Fsp3) is 0.667. The maximum absolute atomic E-state index is 13.8. The van der Waals surface area contributed by atoms with Crippen LogP contribution in [-0.2, 0) is 17.8 Å². The lowest BCUT2D eigenvalue weighted by atomic mass is 9.99. The van der Waals surface area contributed by atoms with Crippen molar-refractivity contribution in [3.05, 3.63) is 29.1 Å². The quantitative estimate of drug-likeness (QED) is 0.424. The van der Waals surface area contributed by atoms with Gasteiger partial charge in [0.25, 0.3) is 0 Å².